The summed E-state index contributed by atoms with van der Waals surface area (Å²) in [6, 6.07) is 8.14. The standard InChI is InChI=1S/C17H19N3O.C2H6/c1-11(2)21-15-7-5-14(6-8-15)16-10-20-12(3)9-18-17(20)19-13(16)4;1-2/h5-11H,1-4H3;1-2H3. The van der Waals surface area contributed by atoms with Gasteiger partial charge in [-0.15, -0.1) is 0 Å². The quantitative estimate of drug-likeness (QED) is 0.695. The number of benzene rings is 1. The molecule has 0 fully saturated rings. The number of nitrogens with zero attached hydrogens (tertiary/aromatic N) is 3. The molecule has 0 radical (unpaired) electrons. The Labute approximate surface area is 138 Å². The molecular weight excluding hydrogens is 286 g/mol. The third-order valence-corrected chi connectivity index (χ3v) is 3.42. The Hall–Kier alpha value is -2.36. The molecule has 1 aromatic carbocycles. The van der Waals surface area contributed by atoms with E-state index in [4.69, 9.17) is 4.74 Å². The highest BCUT2D eigenvalue weighted by Crippen LogP contribution is 2.25. The van der Waals surface area contributed by atoms with Crippen LogP contribution in [0.25, 0.3) is 16.9 Å². The SMILES string of the molecule is CC.Cc1nc2ncc(C)n2cc1-c1ccc(OC(C)C)cc1. The van der Waals surface area contributed by atoms with Crippen molar-refractivity contribution in [2.75, 3.05) is 0 Å². The van der Waals surface area contributed by atoms with Crippen molar-refractivity contribution in [2.45, 2.75) is 47.6 Å². The Kier molecular flexibility index (Phi) is 5.37. The van der Waals surface area contributed by atoms with Crippen LogP contribution in [-0.2, 0) is 0 Å². The predicted molar refractivity (Wildman–Crippen MR) is 95.0 cm³/mol. The summed E-state index contributed by atoms with van der Waals surface area (Å²) in [5.74, 6) is 1.63. The normalized spacial score (nSPS) is 10.6. The van der Waals surface area contributed by atoms with E-state index in [0.29, 0.717) is 0 Å². The van der Waals surface area contributed by atoms with Gasteiger partial charge >= 0.3 is 0 Å². The molecule has 3 rings (SSSR count). The van der Waals surface area contributed by atoms with Gasteiger partial charge in [0.05, 0.1) is 18.0 Å². The summed E-state index contributed by atoms with van der Waals surface area (Å²) < 4.78 is 7.70. The summed E-state index contributed by atoms with van der Waals surface area (Å²) in [5, 5.41) is 0. The van der Waals surface area contributed by atoms with E-state index in [2.05, 4.69) is 28.3 Å². The average molecular weight is 311 g/mol. The lowest BCUT2D eigenvalue weighted by Gasteiger charge is -2.11. The largest absolute Gasteiger partial charge is 0.491 e. The highest BCUT2D eigenvalue weighted by molar-refractivity contribution is 5.66. The molecule has 2 heterocycles. The Morgan fingerprint density at radius 3 is 2.30 bits per heavy atom. The number of hydrogen-bond donors (Lipinski definition) is 0. The van der Waals surface area contributed by atoms with Crippen molar-refractivity contribution in [3.8, 4) is 16.9 Å². The molecule has 0 amide bonds. The van der Waals surface area contributed by atoms with Crippen LogP contribution in [0, 0.1) is 13.8 Å². The highest BCUT2D eigenvalue weighted by atomic mass is 16.5. The first-order valence-electron chi connectivity index (χ1n) is 8.13. The van der Waals surface area contributed by atoms with Crippen LogP contribution in [0.2, 0.25) is 0 Å². The molecule has 0 unspecified atom stereocenters. The maximum absolute atomic E-state index is 5.68. The molecule has 0 N–H and O–H groups in total. The summed E-state index contributed by atoms with van der Waals surface area (Å²) in [5.41, 5.74) is 4.30. The zero-order valence-electron chi connectivity index (χ0n) is 14.8. The number of fused-ring (bicyclic) bond motifs is 1. The Morgan fingerprint density at radius 1 is 1.04 bits per heavy atom. The molecule has 122 valence electrons. The van der Waals surface area contributed by atoms with Gasteiger partial charge in [-0.05, 0) is 45.4 Å². The van der Waals surface area contributed by atoms with Crippen molar-refractivity contribution in [2.24, 2.45) is 0 Å². The Balaban J connectivity index is 0.000000924. The van der Waals surface area contributed by atoms with Crippen molar-refractivity contribution in [1.82, 2.24) is 14.4 Å². The van der Waals surface area contributed by atoms with Gasteiger partial charge in [-0.25, -0.2) is 9.97 Å². The Morgan fingerprint density at radius 2 is 1.70 bits per heavy atom. The van der Waals surface area contributed by atoms with Crippen molar-refractivity contribution >= 4 is 5.78 Å². The number of aromatic nitrogens is 3. The van der Waals surface area contributed by atoms with Crippen LogP contribution in [0.1, 0.15) is 39.1 Å². The van der Waals surface area contributed by atoms with Crippen molar-refractivity contribution in [1.29, 1.82) is 0 Å². The molecule has 0 aliphatic heterocycles. The van der Waals surface area contributed by atoms with Crippen LogP contribution < -0.4 is 4.74 Å². The van der Waals surface area contributed by atoms with E-state index in [-0.39, 0.29) is 6.10 Å². The van der Waals surface area contributed by atoms with E-state index in [1.54, 1.807) is 0 Å². The molecule has 0 bridgehead atoms. The zero-order chi connectivity index (χ0) is 17.0. The lowest BCUT2D eigenvalue weighted by atomic mass is 10.1. The molecule has 0 spiro atoms. The first-order valence-corrected chi connectivity index (χ1v) is 8.13. The van der Waals surface area contributed by atoms with Crippen LogP contribution in [0.15, 0.2) is 36.7 Å². The van der Waals surface area contributed by atoms with Crippen molar-refractivity contribution in [3.63, 3.8) is 0 Å². The van der Waals surface area contributed by atoms with Gasteiger partial charge in [0, 0.05) is 17.5 Å². The van der Waals surface area contributed by atoms with Crippen LogP contribution in [0.5, 0.6) is 5.75 Å². The monoisotopic (exact) mass is 311 g/mol. The number of ether oxygens (including phenoxy) is 1. The maximum atomic E-state index is 5.68. The van der Waals surface area contributed by atoms with Crippen molar-refractivity contribution < 1.29 is 4.74 Å². The molecule has 4 heteroatoms. The summed E-state index contributed by atoms with van der Waals surface area (Å²) in [7, 11) is 0. The van der Waals surface area contributed by atoms with Gasteiger partial charge in [0.25, 0.3) is 0 Å². The summed E-state index contributed by atoms with van der Waals surface area (Å²) in [6.45, 7) is 12.1. The van der Waals surface area contributed by atoms with E-state index in [9.17, 15) is 0 Å². The first kappa shape index (κ1) is 17.0. The first-order chi connectivity index (χ1) is 11.0. The third-order valence-electron chi connectivity index (χ3n) is 3.42. The van der Waals surface area contributed by atoms with E-state index < -0.39 is 0 Å². The van der Waals surface area contributed by atoms with Gasteiger partial charge in [-0.1, -0.05) is 26.0 Å². The zero-order valence-corrected chi connectivity index (χ0v) is 14.8. The molecule has 0 saturated heterocycles. The average Bonchev–Trinajstić information content (AvgIpc) is 2.89. The molecule has 2 aromatic heterocycles. The molecule has 0 aliphatic carbocycles. The second-order valence-corrected chi connectivity index (χ2v) is 5.50. The summed E-state index contributed by atoms with van der Waals surface area (Å²) in [4.78, 5) is 8.86. The van der Waals surface area contributed by atoms with E-state index >= 15 is 0 Å². The number of imidazole rings is 1. The predicted octanol–water partition coefficient (Wildman–Crippen LogP) is 4.83. The minimum absolute atomic E-state index is 0.184. The van der Waals surface area contributed by atoms with Crippen LogP contribution in [0.3, 0.4) is 0 Å². The topological polar surface area (TPSA) is 39.4 Å². The third kappa shape index (κ3) is 3.70. The van der Waals surface area contributed by atoms with Gasteiger partial charge in [0.15, 0.2) is 0 Å². The van der Waals surface area contributed by atoms with Crippen LogP contribution >= 0.6 is 0 Å². The summed E-state index contributed by atoms with van der Waals surface area (Å²) in [6.07, 6.45) is 4.12. The highest BCUT2D eigenvalue weighted by Gasteiger charge is 2.08. The number of aryl methyl sites for hydroxylation is 2. The van der Waals surface area contributed by atoms with Crippen molar-refractivity contribution in [3.05, 3.63) is 48.0 Å². The fraction of sp³-hybridized carbons (Fsp3) is 0.368. The lowest BCUT2D eigenvalue weighted by molar-refractivity contribution is 0.242. The van der Waals surface area contributed by atoms with Gasteiger partial charge in [0.2, 0.25) is 5.78 Å². The molecular formula is C19H25N3O. The fourth-order valence-electron chi connectivity index (χ4n) is 2.38. The smallest absolute Gasteiger partial charge is 0.234 e. The fourth-order valence-corrected chi connectivity index (χ4v) is 2.38. The number of hydrogen-bond acceptors (Lipinski definition) is 3. The molecule has 4 nitrogen and oxygen atoms in total. The molecule has 3 aromatic rings. The van der Waals surface area contributed by atoms with Gasteiger partial charge < -0.3 is 4.74 Å². The van der Waals surface area contributed by atoms with Gasteiger partial charge in [-0.2, -0.15) is 0 Å². The van der Waals surface area contributed by atoms with E-state index in [1.165, 1.54) is 0 Å². The number of rotatable bonds is 3. The molecule has 0 atom stereocenters. The lowest BCUT2D eigenvalue weighted by Crippen LogP contribution is -2.05. The van der Waals surface area contributed by atoms with Gasteiger partial charge in [-0.3, -0.25) is 4.40 Å². The van der Waals surface area contributed by atoms with E-state index in [0.717, 1.165) is 34.0 Å². The second kappa shape index (κ2) is 7.27. The molecule has 0 aliphatic rings. The molecule has 0 saturated carbocycles. The Bertz CT molecular complexity index is 773. The minimum Gasteiger partial charge on any atom is -0.491 e. The van der Waals surface area contributed by atoms with Gasteiger partial charge in [0.1, 0.15) is 5.75 Å². The minimum atomic E-state index is 0.184. The summed E-state index contributed by atoms with van der Waals surface area (Å²) >= 11 is 0. The van der Waals surface area contributed by atoms with Crippen LogP contribution in [0.4, 0.5) is 0 Å². The van der Waals surface area contributed by atoms with E-state index in [1.807, 2.05) is 64.3 Å². The van der Waals surface area contributed by atoms with Crippen LogP contribution in [-0.4, -0.2) is 20.5 Å². The second-order valence-electron chi connectivity index (χ2n) is 5.50. The molecule has 23 heavy (non-hydrogen) atoms. The maximum Gasteiger partial charge on any atom is 0.234 e.